The summed E-state index contributed by atoms with van der Waals surface area (Å²) in [6.45, 7) is -0.554. The Morgan fingerprint density at radius 1 is 1.43 bits per heavy atom. The van der Waals surface area contributed by atoms with Crippen molar-refractivity contribution in [2.24, 2.45) is 0 Å². The predicted octanol–water partition coefficient (Wildman–Crippen LogP) is -0.323. The van der Waals surface area contributed by atoms with Crippen molar-refractivity contribution in [3.63, 3.8) is 0 Å². The minimum atomic E-state index is -1.04. The molecule has 0 radical (unpaired) electrons. The van der Waals surface area contributed by atoms with Crippen molar-refractivity contribution in [1.82, 2.24) is 15.1 Å². The maximum absolute atomic E-state index is 12.9. The number of nitrogens with one attached hydrogen (secondary N) is 1. The number of rotatable bonds is 5. The van der Waals surface area contributed by atoms with Gasteiger partial charge in [-0.15, -0.1) is 0 Å². The van der Waals surface area contributed by atoms with Crippen LogP contribution in [0.4, 0.5) is 10.2 Å². The van der Waals surface area contributed by atoms with Crippen molar-refractivity contribution < 1.29 is 19.4 Å². The molecule has 0 spiro atoms. The number of hydrogen-bond donors (Lipinski definition) is 4. The summed E-state index contributed by atoms with van der Waals surface area (Å²) in [4.78, 5) is 11.9. The average molecular weight is 294 g/mol. The standard InChI is InChI=1S/C13H15FN4O3/c14-8-1-3-9(4-2-8)18-12(15)11(6-17-18)13(21)16-5-10(20)7-19/h1-4,6,10,19-20H,5,7,15H2,(H,16,21). The molecule has 2 aromatic rings. The fourth-order valence-corrected chi connectivity index (χ4v) is 1.69. The van der Waals surface area contributed by atoms with Crippen molar-refractivity contribution in [2.75, 3.05) is 18.9 Å². The van der Waals surface area contributed by atoms with Crippen LogP contribution in [-0.2, 0) is 0 Å². The molecule has 0 saturated carbocycles. The van der Waals surface area contributed by atoms with Crippen LogP contribution in [0.15, 0.2) is 30.5 Å². The van der Waals surface area contributed by atoms with Gasteiger partial charge < -0.3 is 21.3 Å². The number of nitrogens with zero attached hydrogens (tertiary/aromatic N) is 2. The first-order chi connectivity index (χ1) is 10.0. The van der Waals surface area contributed by atoms with Gasteiger partial charge in [-0.2, -0.15) is 5.10 Å². The van der Waals surface area contributed by atoms with E-state index in [1.165, 1.54) is 35.1 Å². The summed E-state index contributed by atoms with van der Waals surface area (Å²) in [5, 5.41) is 24.3. The summed E-state index contributed by atoms with van der Waals surface area (Å²) in [7, 11) is 0. The largest absolute Gasteiger partial charge is 0.394 e. The fraction of sp³-hybridized carbons (Fsp3) is 0.231. The Balaban J connectivity index is 2.16. The van der Waals surface area contributed by atoms with E-state index >= 15 is 0 Å². The number of carbonyl (C=O) groups excluding carboxylic acids is 1. The Morgan fingerprint density at radius 2 is 2.10 bits per heavy atom. The van der Waals surface area contributed by atoms with Gasteiger partial charge >= 0.3 is 0 Å². The van der Waals surface area contributed by atoms with E-state index < -0.39 is 18.6 Å². The molecule has 5 N–H and O–H groups in total. The number of nitrogen functional groups attached to an aromatic ring is 1. The smallest absolute Gasteiger partial charge is 0.256 e. The zero-order chi connectivity index (χ0) is 15.4. The van der Waals surface area contributed by atoms with Gasteiger partial charge in [-0.1, -0.05) is 0 Å². The highest BCUT2D eigenvalue weighted by molar-refractivity contribution is 5.98. The summed E-state index contributed by atoms with van der Waals surface area (Å²) in [6.07, 6.45) is 0.238. The van der Waals surface area contributed by atoms with E-state index in [1.807, 2.05) is 0 Å². The normalized spacial score (nSPS) is 12.1. The lowest BCUT2D eigenvalue weighted by molar-refractivity contribution is 0.0802. The fourth-order valence-electron chi connectivity index (χ4n) is 1.69. The minimum Gasteiger partial charge on any atom is -0.394 e. The van der Waals surface area contributed by atoms with E-state index in [0.29, 0.717) is 5.69 Å². The Labute approximate surface area is 119 Å². The van der Waals surface area contributed by atoms with Crippen molar-refractivity contribution in [3.05, 3.63) is 41.8 Å². The highest BCUT2D eigenvalue weighted by atomic mass is 19.1. The van der Waals surface area contributed by atoms with Crippen LogP contribution < -0.4 is 11.1 Å². The van der Waals surface area contributed by atoms with Crippen LogP contribution in [0.3, 0.4) is 0 Å². The van der Waals surface area contributed by atoms with Crippen LogP contribution in [0.2, 0.25) is 0 Å². The number of carbonyl (C=O) groups is 1. The number of amides is 1. The maximum atomic E-state index is 12.9. The lowest BCUT2D eigenvalue weighted by atomic mass is 10.2. The number of aromatic nitrogens is 2. The SMILES string of the molecule is Nc1c(C(=O)NCC(O)CO)cnn1-c1ccc(F)cc1. The molecule has 1 unspecified atom stereocenters. The molecule has 7 nitrogen and oxygen atoms in total. The maximum Gasteiger partial charge on any atom is 0.256 e. The van der Waals surface area contributed by atoms with E-state index in [0.717, 1.165) is 0 Å². The highest BCUT2D eigenvalue weighted by Gasteiger charge is 2.16. The van der Waals surface area contributed by atoms with Crippen LogP contribution in [0, 0.1) is 5.82 Å². The van der Waals surface area contributed by atoms with Crippen molar-refractivity contribution in [2.45, 2.75) is 6.10 Å². The molecule has 1 amide bonds. The lowest BCUT2D eigenvalue weighted by Gasteiger charge is -2.09. The number of halogens is 1. The second kappa shape index (κ2) is 6.33. The van der Waals surface area contributed by atoms with E-state index in [9.17, 15) is 14.3 Å². The Kier molecular flexibility index (Phi) is 4.51. The van der Waals surface area contributed by atoms with Crippen LogP contribution in [0.5, 0.6) is 0 Å². The van der Waals surface area contributed by atoms with E-state index in [2.05, 4.69) is 10.4 Å². The summed E-state index contributed by atoms with van der Waals surface area (Å²) in [5.74, 6) is -0.814. The van der Waals surface area contributed by atoms with Gasteiger partial charge in [0.1, 0.15) is 17.2 Å². The third-order valence-corrected chi connectivity index (χ3v) is 2.83. The topological polar surface area (TPSA) is 113 Å². The van der Waals surface area contributed by atoms with Crippen molar-refractivity contribution >= 4 is 11.7 Å². The van der Waals surface area contributed by atoms with Gasteiger partial charge in [-0.3, -0.25) is 4.79 Å². The van der Waals surface area contributed by atoms with Crippen molar-refractivity contribution in [1.29, 1.82) is 0 Å². The minimum absolute atomic E-state index is 0.0950. The quantitative estimate of drug-likeness (QED) is 0.603. The third-order valence-electron chi connectivity index (χ3n) is 2.83. The first-order valence-electron chi connectivity index (χ1n) is 6.19. The van der Waals surface area contributed by atoms with Gasteiger partial charge in [0, 0.05) is 6.54 Å². The monoisotopic (exact) mass is 294 g/mol. The van der Waals surface area contributed by atoms with Crippen LogP contribution in [-0.4, -0.2) is 45.2 Å². The van der Waals surface area contributed by atoms with Gasteiger partial charge in [-0.25, -0.2) is 9.07 Å². The van der Waals surface area contributed by atoms with Gasteiger partial charge in [0.05, 0.1) is 24.6 Å². The Hall–Kier alpha value is -2.45. The van der Waals surface area contributed by atoms with Crippen LogP contribution in [0.1, 0.15) is 10.4 Å². The number of aliphatic hydroxyl groups is 2. The summed E-state index contributed by atoms with van der Waals surface area (Å²) < 4.78 is 14.2. The Bertz CT molecular complexity index is 627. The van der Waals surface area contributed by atoms with Gasteiger partial charge in [0.25, 0.3) is 5.91 Å². The Morgan fingerprint density at radius 3 is 2.71 bits per heavy atom. The molecule has 1 aromatic carbocycles. The van der Waals surface area contributed by atoms with Gasteiger partial charge in [0.2, 0.25) is 0 Å². The van der Waals surface area contributed by atoms with Crippen LogP contribution >= 0.6 is 0 Å². The molecule has 21 heavy (non-hydrogen) atoms. The molecule has 0 saturated heterocycles. The predicted molar refractivity (Wildman–Crippen MR) is 73.4 cm³/mol. The summed E-state index contributed by atoms with van der Waals surface area (Å²) in [6, 6.07) is 5.48. The molecular formula is C13H15FN4O3. The number of benzene rings is 1. The summed E-state index contributed by atoms with van der Waals surface area (Å²) in [5.41, 5.74) is 6.49. The molecule has 1 heterocycles. The third kappa shape index (κ3) is 3.36. The van der Waals surface area contributed by atoms with E-state index in [4.69, 9.17) is 10.8 Å². The van der Waals surface area contributed by atoms with Gasteiger partial charge in [-0.05, 0) is 24.3 Å². The molecular weight excluding hydrogens is 279 g/mol. The van der Waals surface area contributed by atoms with E-state index in [1.54, 1.807) is 0 Å². The number of aliphatic hydroxyl groups excluding tert-OH is 2. The number of hydrogen-bond acceptors (Lipinski definition) is 5. The van der Waals surface area contributed by atoms with Crippen LogP contribution in [0.25, 0.3) is 5.69 Å². The summed E-state index contributed by atoms with van der Waals surface area (Å²) >= 11 is 0. The molecule has 1 atom stereocenters. The molecule has 1 aromatic heterocycles. The average Bonchev–Trinajstić information content (AvgIpc) is 2.87. The lowest BCUT2D eigenvalue weighted by Crippen LogP contribution is -2.34. The zero-order valence-electron chi connectivity index (χ0n) is 11.0. The van der Waals surface area contributed by atoms with Crippen molar-refractivity contribution in [3.8, 4) is 5.69 Å². The molecule has 2 rings (SSSR count). The molecule has 0 fully saturated rings. The highest BCUT2D eigenvalue weighted by Crippen LogP contribution is 2.17. The molecule has 0 aliphatic rings. The molecule has 0 aliphatic heterocycles. The zero-order valence-corrected chi connectivity index (χ0v) is 11.0. The van der Waals surface area contributed by atoms with Gasteiger partial charge in [0.15, 0.2) is 0 Å². The molecule has 0 bridgehead atoms. The number of nitrogens with two attached hydrogens (primary N) is 1. The molecule has 8 heteroatoms. The second-order valence-electron chi connectivity index (χ2n) is 4.38. The first-order valence-corrected chi connectivity index (χ1v) is 6.19. The molecule has 112 valence electrons. The van der Waals surface area contributed by atoms with E-state index in [-0.39, 0.29) is 23.7 Å². The number of anilines is 1. The first kappa shape index (κ1) is 14.9. The molecule has 0 aliphatic carbocycles. The second-order valence-corrected chi connectivity index (χ2v) is 4.38.